The van der Waals surface area contributed by atoms with Crippen molar-refractivity contribution in [2.75, 3.05) is 6.26 Å². The van der Waals surface area contributed by atoms with Crippen LogP contribution in [0.15, 0.2) is 41.6 Å². The van der Waals surface area contributed by atoms with Crippen LogP contribution in [0.1, 0.15) is 0 Å². The predicted molar refractivity (Wildman–Crippen MR) is 54.9 cm³/mol. The largest absolute Gasteiger partial charge is 0.264 e. The lowest BCUT2D eigenvalue weighted by atomic mass is 10.2. The molecule has 0 saturated heterocycles. The molecule has 72 valence electrons. The molecule has 3 nitrogen and oxygen atoms in total. The minimum atomic E-state index is -3.17. The van der Waals surface area contributed by atoms with Crippen LogP contribution in [-0.2, 0) is 9.84 Å². The Labute approximate surface area is 82.3 Å². The Kier molecular flexibility index (Phi) is 2.00. The average molecular weight is 207 g/mol. The number of nitrogens with zero attached hydrogens (tertiary/aromatic N) is 1. The Bertz CT molecular complexity index is 570. The summed E-state index contributed by atoms with van der Waals surface area (Å²) < 4.78 is 22.8. The molecule has 0 aliphatic heterocycles. The highest BCUT2D eigenvalue weighted by Gasteiger charge is 2.10. The van der Waals surface area contributed by atoms with Gasteiger partial charge >= 0.3 is 0 Å². The third-order valence-electron chi connectivity index (χ3n) is 2.04. The number of hydrogen-bond donors (Lipinski definition) is 0. The highest BCUT2D eigenvalue weighted by atomic mass is 32.2. The van der Waals surface area contributed by atoms with Crippen molar-refractivity contribution in [3.8, 4) is 0 Å². The van der Waals surface area contributed by atoms with Crippen LogP contribution in [0, 0.1) is 0 Å². The topological polar surface area (TPSA) is 47.0 Å². The van der Waals surface area contributed by atoms with E-state index in [0.29, 0.717) is 10.3 Å². The molecule has 0 spiro atoms. The number of benzene rings is 1. The van der Waals surface area contributed by atoms with E-state index in [1.807, 2.05) is 6.07 Å². The van der Waals surface area contributed by atoms with Crippen molar-refractivity contribution in [3.05, 3.63) is 36.7 Å². The first kappa shape index (κ1) is 9.15. The molecule has 0 aliphatic carbocycles. The molecule has 0 radical (unpaired) electrons. The van der Waals surface area contributed by atoms with Crippen LogP contribution in [0.3, 0.4) is 0 Å². The van der Waals surface area contributed by atoms with Gasteiger partial charge in [0.1, 0.15) is 0 Å². The van der Waals surface area contributed by atoms with Crippen LogP contribution in [0.4, 0.5) is 0 Å². The van der Waals surface area contributed by atoms with Crippen molar-refractivity contribution in [1.82, 2.24) is 4.98 Å². The molecule has 2 rings (SSSR count). The van der Waals surface area contributed by atoms with Gasteiger partial charge in [0.25, 0.3) is 0 Å². The molecule has 2 aromatic rings. The van der Waals surface area contributed by atoms with Gasteiger partial charge < -0.3 is 0 Å². The van der Waals surface area contributed by atoms with Crippen LogP contribution >= 0.6 is 0 Å². The summed E-state index contributed by atoms with van der Waals surface area (Å²) in [5.41, 5.74) is 0. The fourth-order valence-corrected chi connectivity index (χ4v) is 2.30. The molecule has 0 unspecified atom stereocenters. The van der Waals surface area contributed by atoms with Crippen molar-refractivity contribution in [2.45, 2.75) is 4.90 Å². The van der Waals surface area contributed by atoms with Gasteiger partial charge in [0.05, 0.1) is 4.90 Å². The van der Waals surface area contributed by atoms with Crippen molar-refractivity contribution in [1.29, 1.82) is 0 Å². The maximum Gasteiger partial charge on any atom is 0.176 e. The first-order valence-corrected chi connectivity index (χ1v) is 6.01. The lowest BCUT2D eigenvalue weighted by molar-refractivity contribution is 0.602. The number of aromatic nitrogens is 1. The second kappa shape index (κ2) is 3.06. The first-order chi connectivity index (χ1) is 6.59. The van der Waals surface area contributed by atoms with Gasteiger partial charge in [-0.25, -0.2) is 8.42 Å². The fraction of sp³-hybridized carbons (Fsp3) is 0.100. The number of fused-ring (bicyclic) bond motifs is 1. The van der Waals surface area contributed by atoms with Gasteiger partial charge in [-0.3, -0.25) is 4.98 Å². The van der Waals surface area contributed by atoms with Crippen LogP contribution in [0.25, 0.3) is 10.8 Å². The Morgan fingerprint density at radius 2 is 2.00 bits per heavy atom. The van der Waals surface area contributed by atoms with E-state index in [1.165, 1.54) is 6.26 Å². The van der Waals surface area contributed by atoms with Crippen molar-refractivity contribution in [2.24, 2.45) is 0 Å². The van der Waals surface area contributed by atoms with Crippen LogP contribution in [0.2, 0.25) is 0 Å². The molecule has 4 heteroatoms. The van der Waals surface area contributed by atoms with E-state index in [-0.39, 0.29) is 0 Å². The zero-order valence-corrected chi connectivity index (χ0v) is 8.45. The second-order valence-electron chi connectivity index (χ2n) is 3.13. The maximum atomic E-state index is 11.4. The molecule has 14 heavy (non-hydrogen) atoms. The minimum Gasteiger partial charge on any atom is -0.264 e. The number of pyridine rings is 1. The molecule has 0 amide bonds. The van der Waals surface area contributed by atoms with Gasteiger partial charge in [-0.1, -0.05) is 12.1 Å². The Balaban J connectivity index is 2.92. The van der Waals surface area contributed by atoms with Gasteiger partial charge in [-0.05, 0) is 17.5 Å². The maximum absolute atomic E-state index is 11.4. The Hall–Kier alpha value is -1.42. The van der Waals surface area contributed by atoms with Crippen LogP contribution in [-0.4, -0.2) is 19.7 Å². The summed E-state index contributed by atoms with van der Waals surface area (Å²) in [4.78, 5) is 4.26. The van der Waals surface area contributed by atoms with Crippen molar-refractivity contribution in [3.63, 3.8) is 0 Å². The molecular formula is C10H9NO2S. The summed E-state index contributed by atoms with van der Waals surface area (Å²) in [6.45, 7) is 0. The van der Waals surface area contributed by atoms with E-state index in [1.54, 1.807) is 30.6 Å². The van der Waals surface area contributed by atoms with E-state index < -0.39 is 9.84 Å². The monoisotopic (exact) mass is 207 g/mol. The van der Waals surface area contributed by atoms with Gasteiger partial charge in [0.2, 0.25) is 0 Å². The lowest BCUT2D eigenvalue weighted by Gasteiger charge is -2.02. The average Bonchev–Trinajstić information content (AvgIpc) is 2.15. The molecule has 1 heterocycles. The zero-order chi connectivity index (χ0) is 10.2. The van der Waals surface area contributed by atoms with Crippen LogP contribution < -0.4 is 0 Å². The van der Waals surface area contributed by atoms with Crippen molar-refractivity contribution < 1.29 is 8.42 Å². The third-order valence-corrected chi connectivity index (χ3v) is 3.20. The van der Waals surface area contributed by atoms with E-state index in [4.69, 9.17) is 0 Å². The molecule has 0 fully saturated rings. The quantitative estimate of drug-likeness (QED) is 0.714. The Morgan fingerprint density at radius 3 is 2.71 bits per heavy atom. The summed E-state index contributed by atoms with van der Waals surface area (Å²) in [5.74, 6) is 0. The molecule has 1 aromatic carbocycles. The van der Waals surface area contributed by atoms with Gasteiger partial charge in [-0.15, -0.1) is 0 Å². The fourth-order valence-electron chi connectivity index (χ4n) is 1.41. The van der Waals surface area contributed by atoms with E-state index in [0.717, 1.165) is 5.39 Å². The molecule has 0 N–H and O–H groups in total. The number of rotatable bonds is 1. The predicted octanol–water partition coefficient (Wildman–Crippen LogP) is 1.64. The summed E-state index contributed by atoms with van der Waals surface area (Å²) in [5, 5.41) is 1.57. The molecule has 0 saturated carbocycles. The van der Waals surface area contributed by atoms with E-state index in [9.17, 15) is 8.42 Å². The van der Waals surface area contributed by atoms with E-state index in [2.05, 4.69) is 4.98 Å². The SMILES string of the molecule is CS(=O)(=O)c1cccc2ccncc12. The number of hydrogen-bond acceptors (Lipinski definition) is 3. The van der Waals surface area contributed by atoms with Crippen LogP contribution in [0.5, 0.6) is 0 Å². The third kappa shape index (κ3) is 1.48. The van der Waals surface area contributed by atoms with Gasteiger partial charge in [0.15, 0.2) is 9.84 Å². The molecule has 0 bridgehead atoms. The number of sulfone groups is 1. The summed E-state index contributed by atoms with van der Waals surface area (Å²) in [6.07, 6.45) is 4.43. The first-order valence-electron chi connectivity index (χ1n) is 4.12. The smallest absolute Gasteiger partial charge is 0.176 e. The summed E-state index contributed by atoms with van der Waals surface area (Å²) >= 11 is 0. The highest BCUT2D eigenvalue weighted by molar-refractivity contribution is 7.91. The summed E-state index contributed by atoms with van der Waals surface area (Å²) in [6, 6.07) is 6.99. The van der Waals surface area contributed by atoms with Gasteiger partial charge in [-0.2, -0.15) is 0 Å². The lowest BCUT2D eigenvalue weighted by Crippen LogP contribution is -1.97. The minimum absolute atomic E-state index is 0.336. The molecule has 1 aromatic heterocycles. The second-order valence-corrected chi connectivity index (χ2v) is 5.11. The zero-order valence-electron chi connectivity index (χ0n) is 7.64. The highest BCUT2D eigenvalue weighted by Crippen LogP contribution is 2.21. The molecular weight excluding hydrogens is 198 g/mol. The molecule has 0 atom stereocenters. The standard InChI is InChI=1S/C10H9NO2S/c1-14(12,13)10-4-2-3-8-5-6-11-7-9(8)10/h2-7H,1H3. The van der Waals surface area contributed by atoms with Crippen molar-refractivity contribution >= 4 is 20.6 Å². The normalized spacial score (nSPS) is 11.8. The molecule has 0 aliphatic rings. The van der Waals surface area contributed by atoms with E-state index >= 15 is 0 Å². The Morgan fingerprint density at radius 1 is 1.21 bits per heavy atom. The van der Waals surface area contributed by atoms with Gasteiger partial charge in [0, 0.05) is 24.0 Å². The summed E-state index contributed by atoms with van der Waals surface area (Å²) in [7, 11) is -3.17.